The van der Waals surface area contributed by atoms with Crippen LogP contribution in [0, 0.1) is 0 Å². The van der Waals surface area contributed by atoms with E-state index in [1.165, 1.54) is 26.2 Å². The molecule has 0 aliphatic carbocycles. The molecule has 0 saturated carbocycles. The van der Waals surface area contributed by atoms with Gasteiger partial charge >= 0.3 is 5.97 Å². The average molecular weight is 366 g/mol. The Kier molecular flexibility index (Phi) is 5.97. The van der Waals surface area contributed by atoms with E-state index >= 15 is 0 Å². The van der Waals surface area contributed by atoms with E-state index in [1.807, 2.05) is 0 Å². The second kappa shape index (κ2) is 7.05. The molecule has 0 aliphatic heterocycles. The number of esters is 1. The quantitative estimate of drug-likeness (QED) is 0.775. The molecule has 0 saturated heterocycles. The highest BCUT2D eigenvalue weighted by Gasteiger charge is 2.25. The van der Waals surface area contributed by atoms with Gasteiger partial charge in [-0.1, -0.05) is 15.9 Å². The highest BCUT2D eigenvalue weighted by atomic mass is 79.9. The Morgan fingerprint density at radius 2 is 2.10 bits per heavy atom. The van der Waals surface area contributed by atoms with E-state index in [1.54, 1.807) is 13.0 Å². The topological polar surface area (TPSA) is 81.7 Å². The fourth-order valence-corrected chi connectivity index (χ4v) is 3.37. The minimum Gasteiger partial charge on any atom is -0.495 e. The van der Waals surface area contributed by atoms with E-state index in [4.69, 9.17) is 9.47 Å². The molecule has 1 aromatic rings. The van der Waals surface area contributed by atoms with Crippen molar-refractivity contribution in [3.63, 3.8) is 0 Å². The van der Waals surface area contributed by atoms with Gasteiger partial charge in [0.1, 0.15) is 16.7 Å². The van der Waals surface area contributed by atoms with Crippen LogP contribution < -0.4 is 9.46 Å². The van der Waals surface area contributed by atoms with Crippen LogP contribution in [0.5, 0.6) is 5.75 Å². The zero-order chi connectivity index (χ0) is 15.3. The lowest BCUT2D eigenvalue weighted by atomic mass is 10.3. The highest BCUT2D eigenvalue weighted by molar-refractivity contribution is 9.10. The zero-order valence-electron chi connectivity index (χ0n) is 11.3. The number of nitrogens with one attached hydrogen (secondary N) is 1. The minimum absolute atomic E-state index is 0.0504. The van der Waals surface area contributed by atoms with E-state index in [-0.39, 0.29) is 17.3 Å². The molecule has 1 N–H and O–H groups in total. The van der Waals surface area contributed by atoms with E-state index in [0.29, 0.717) is 4.47 Å². The number of halogens is 1. The normalized spacial score (nSPS) is 12.8. The summed E-state index contributed by atoms with van der Waals surface area (Å²) in [4.78, 5) is 11.4. The van der Waals surface area contributed by atoms with Crippen molar-refractivity contribution in [3.8, 4) is 5.75 Å². The number of sulfonamides is 1. The van der Waals surface area contributed by atoms with Crippen LogP contribution in [0.2, 0.25) is 0 Å². The van der Waals surface area contributed by atoms with Gasteiger partial charge in [-0.05, 0) is 32.0 Å². The number of ether oxygens (including phenoxy) is 2. The van der Waals surface area contributed by atoms with E-state index < -0.39 is 22.0 Å². The van der Waals surface area contributed by atoms with Gasteiger partial charge in [0.25, 0.3) is 0 Å². The van der Waals surface area contributed by atoms with E-state index in [2.05, 4.69) is 20.7 Å². The van der Waals surface area contributed by atoms with Crippen molar-refractivity contribution in [1.82, 2.24) is 4.72 Å². The number of carbonyl (C=O) groups is 1. The van der Waals surface area contributed by atoms with Gasteiger partial charge < -0.3 is 9.47 Å². The highest BCUT2D eigenvalue weighted by Crippen LogP contribution is 2.27. The summed E-state index contributed by atoms with van der Waals surface area (Å²) in [6, 6.07) is 3.60. The molecule has 0 radical (unpaired) electrons. The summed E-state index contributed by atoms with van der Waals surface area (Å²) in [5.74, 6) is -0.443. The summed E-state index contributed by atoms with van der Waals surface area (Å²) in [5.41, 5.74) is 0. The fourth-order valence-electron chi connectivity index (χ4n) is 1.47. The molecule has 0 fully saturated rings. The lowest BCUT2D eigenvalue weighted by Crippen LogP contribution is -2.39. The summed E-state index contributed by atoms with van der Waals surface area (Å²) in [6.45, 7) is 3.25. The number of benzene rings is 1. The molecule has 1 atom stereocenters. The standard InChI is InChI=1S/C12H16BrNO5S/c1-4-19-12(15)8(2)14-20(16,17)11-7-9(13)5-6-10(11)18-3/h5-8,14H,4H2,1-3H3. The molecule has 1 unspecified atom stereocenters. The smallest absolute Gasteiger partial charge is 0.323 e. The Labute approximate surface area is 126 Å². The SMILES string of the molecule is CCOC(=O)C(C)NS(=O)(=O)c1cc(Br)ccc1OC. The van der Waals surface area contributed by atoms with Crippen molar-refractivity contribution in [2.45, 2.75) is 24.8 Å². The number of hydrogen-bond donors (Lipinski definition) is 1. The van der Waals surface area contributed by atoms with Crippen molar-refractivity contribution in [2.75, 3.05) is 13.7 Å². The van der Waals surface area contributed by atoms with Gasteiger partial charge in [0, 0.05) is 4.47 Å². The summed E-state index contributed by atoms with van der Waals surface area (Å²) in [6.07, 6.45) is 0. The van der Waals surface area contributed by atoms with Crippen LogP contribution in [-0.2, 0) is 19.6 Å². The van der Waals surface area contributed by atoms with Gasteiger partial charge in [0.05, 0.1) is 13.7 Å². The summed E-state index contributed by atoms with van der Waals surface area (Å²) in [5, 5.41) is 0. The third-order valence-electron chi connectivity index (χ3n) is 2.39. The average Bonchev–Trinajstić information content (AvgIpc) is 2.38. The number of rotatable bonds is 6. The molecule has 1 aromatic carbocycles. The Bertz CT molecular complexity index is 588. The van der Waals surface area contributed by atoms with Gasteiger partial charge in [-0.15, -0.1) is 0 Å². The van der Waals surface area contributed by atoms with Crippen molar-refractivity contribution in [3.05, 3.63) is 22.7 Å². The number of methoxy groups -OCH3 is 1. The van der Waals surface area contributed by atoms with Gasteiger partial charge in [-0.3, -0.25) is 4.79 Å². The second-order valence-electron chi connectivity index (χ2n) is 3.89. The Morgan fingerprint density at radius 1 is 1.45 bits per heavy atom. The molecular weight excluding hydrogens is 350 g/mol. The van der Waals surface area contributed by atoms with Crippen molar-refractivity contribution in [1.29, 1.82) is 0 Å². The van der Waals surface area contributed by atoms with Crippen LogP contribution in [-0.4, -0.2) is 34.1 Å². The maximum Gasteiger partial charge on any atom is 0.323 e. The van der Waals surface area contributed by atoms with Gasteiger partial charge in [0.15, 0.2) is 0 Å². The molecule has 0 aromatic heterocycles. The lowest BCUT2D eigenvalue weighted by Gasteiger charge is -2.15. The maximum absolute atomic E-state index is 12.3. The summed E-state index contributed by atoms with van der Waals surface area (Å²) in [7, 11) is -2.52. The Hall–Kier alpha value is -1.12. The predicted molar refractivity (Wildman–Crippen MR) is 77.1 cm³/mol. The molecule has 20 heavy (non-hydrogen) atoms. The van der Waals surface area contributed by atoms with Crippen LogP contribution in [0.15, 0.2) is 27.6 Å². The van der Waals surface area contributed by atoms with Crippen molar-refractivity contribution in [2.24, 2.45) is 0 Å². The minimum atomic E-state index is -3.89. The van der Waals surface area contributed by atoms with Crippen LogP contribution in [0.25, 0.3) is 0 Å². The number of carbonyl (C=O) groups excluding carboxylic acids is 1. The fraction of sp³-hybridized carbons (Fsp3) is 0.417. The van der Waals surface area contributed by atoms with Crippen LogP contribution >= 0.6 is 15.9 Å². The molecule has 0 spiro atoms. The first-order chi connectivity index (χ1) is 9.31. The summed E-state index contributed by atoms with van der Waals surface area (Å²) < 4.78 is 37.1. The third-order valence-corrected chi connectivity index (χ3v) is 4.44. The first-order valence-electron chi connectivity index (χ1n) is 5.84. The van der Waals surface area contributed by atoms with Crippen LogP contribution in [0.4, 0.5) is 0 Å². The molecule has 0 aliphatic rings. The van der Waals surface area contributed by atoms with Gasteiger partial charge in [0.2, 0.25) is 10.0 Å². The molecule has 8 heteroatoms. The van der Waals surface area contributed by atoms with E-state index in [0.717, 1.165) is 0 Å². The second-order valence-corrected chi connectivity index (χ2v) is 6.49. The molecule has 0 amide bonds. The number of hydrogen-bond acceptors (Lipinski definition) is 5. The Morgan fingerprint density at radius 3 is 2.65 bits per heavy atom. The predicted octanol–water partition coefficient (Wildman–Crippen LogP) is 1.69. The van der Waals surface area contributed by atoms with Crippen LogP contribution in [0.3, 0.4) is 0 Å². The monoisotopic (exact) mass is 365 g/mol. The van der Waals surface area contributed by atoms with Gasteiger partial charge in [-0.25, -0.2) is 8.42 Å². The molecule has 0 heterocycles. The lowest BCUT2D eigenvalue weighted by molar-refractivity contribution is -0.144. The molecule has 112 valence electrons. The Balaban J connectivity index is 3.05. The van der Waals surface area contributed by atoms with Gasteiger partial charge in [-0.2, -0.15) is 4.72 Å². The van der Waals surface area contributed by atoms with E-state index in [9.17, 15) is 13.2 Å². The third kappa shape index (κ3) is 4.19. The first kappa shape index (κ1) is 16.9. The molecular formula is C12H16BrNO5S. The van der Waals surface area contributed by atoms with Crippen molar-refractivity contribution >= 4 is 31.9 Å². The van der Waals surface area contributed by atoms with Crippen molar-refractivity contribution < 1.29 is 22.7 Å². The maximum atomic E-state index is 12.3. The van der Waals surface area contributed by atoms with Crippen LogP contribution in [0.1, 0.15) is 13.8 Å². The zero-order valence-corrected chi connectivity index (χ0v) is 13.7. The molecule has 6 nitrogen and oxygen atoms in total. The largest absolute Gasteiger partial charge is 0.495 e. The molecule has 0 bridgehead atoms. The summed E-state index contributed by atoms with van der Waals surface area (Å²) >= 11 is 3.20. The first-order valence-corrected chi connectivity index (χ1v) is 8.12. The molecule has 1 rings (SSSR count).